The highest BCUT2D eigenvalue weighted by atomic mass is 16.6. The largest absolute Gasteiger partial charge is 0.467 e. The Labute approximate surface area is 107 Å². The molecule has 0 saturated carbocycles. The Morgan fingerprint density at radius 3 is 2.33 bits per heavy atom. The van der Waals surface area contributed by atoms with Crippen LogP contribution >= 0.6 is 0 Å². The normalized spacial score (nSPS) is 28.1. The predicted octanol–water partition coefficient (Wildman–Crippen LogP) is 0.776. The zero-order valence-corrected chi connectivity index (χ0v) is 11.5. The summed E-state index contributed by atoms with van der Waals surface area (Å²) in [5.74, 6) is -0.908. The lowest BCUT2D eigenvalue weighted by molar-refractivity contribution is -0.147. The Bertz CT molecular complexity index is 336. The number of esters is 1. The smallest absolute Gasteiger partial charge is 0.411 e. The molecular weight excluding hydrogens is 238 g/mol. The van der Waals surface area contributed by atoms with E-state index in [1.165, 1.54) is 12.0 Å². The summed E-state index contributed by atoms with van der Waals surface area (Å²) in [5, 5.41) is 9.77. The second-order valence-corrected chi connectivity index (χ2v) is 5.53. The molecule has 1 amide bonds. The first-order chi connectivity index (χ1) is 8.17. The second kappa shape index (κ2) is 5.14. The molecule has 6 heteroatoms. The molecule has 1 fully saturated rings. The molecule has 0 unspecified atom stereocenters. The Morgan fingerprint density at radius 2 is 1.89 bits per heavy atom. The van der Waals surface area contributed by atoms with Gasteiger partial charge in [0.1, 0.15) is 11.6 Å². The molecule has 1 N–H and O–H groups in total. The van der Waals surface area contributed by atoms with Gasteiger partial charge >= 0.3 is 12.1 Å². The van der Waals surface area contributed by atoms with Crippen LogP contribution in [0, 0.1) is 5.92 Å². The van der Waals surface area contributed by atoms with Gasteiger partial charge in [-0.05, 0) is 20.8 Å². The zero-order valence-electron chi connectivity index (χ0n) is 11.5. The van der Waals surface area contributed by atoms with E-state index in [0.717, 1.165) is 0 Å². The average molecular weight is 259 g/mol. The number of amides is 1. The van der Waals surface area contributed by atoms with E-state index in [0.29, 0.717) is 0 Å². The first-order valence-corrected chi connectivity index (χ1v) is 5.93. The second-order valence-electron chi connectivity index (χ2n) is 5.53. The SMILES string of the molecule is COC(=O)[C@@H]1[C@H](C)[C@@H](O)CN1C(=O)OC(C)(C)C. The van der Waals surface area contributed by atoms with Crippen LogP contribution in [-0.2, 0) is 14.3 Å². The number of hydrogen-bond donors (Lipinski definition) is 1. The van der Waals surface area contributed by atoms with Gasteiger partial charge in [0.2, 0.25) is 0 Å². The quantitative estimate of drug-likeness (QED) is 0.704. The fraction of sp³-hybridized carbons (Fsp3) is 0.833. The lowest BCUT2D eigenvalue weighted by Crippen LogP contribution is -2.45. The Morgan fingerprint density at radius 1 is 1.33 bits per heavy atom. The van der Waals surface area contributed by atoms with Gasteiger partial charge in [-0.15, -0.1) is 0 Å². The van der Waals surface area contributed by atoms with Crippen molar-refractivity contribution in [2.24, 2.45) is 5.92 Å². The molecular formula is C12H21NO5. The number of ether oxygens (including phenoxy) is 2. The highest BCUT2D eigenvalue weighted by Gasteiger charge is 2.46. The molecule has 0 spiro atoms. The van der Waals surface area contributed by atoms with Crippen LogP contribution < -0.4 is 0 Å². The first kappa shape index (κ1) is 14.8. The van der Waals surface area contributed by atoms with E-state index in [4.69, 9.17) is 4.74 Å². The van der Waals surface area contributed by atoms with Crippen LogP contribution in [0.5, 0.6) is 0 Å². The number of hydrogen-bond acceptors (Lipinski definition) is 5. The summed E-state index contributed by atoms with van der Waals surface area (Å²) in [6, 6.07) is -0.792. The third kappa shape index (κ3) is 3.13. The van der Waals surface area contributed by atoms with Crippen molar-refractivity contribution in [3.63, 3.8) is 0 Å². The molecule has 0 bridgehead atoms. The van der Waals surface area contributed by atoms with Gasteiger partial charge in [0.05, 0.1) is 19.8 Å². The molecule has 0 aliphatic carbocycles. The van der Waals surface area contributed by atoms with Gasteiger partial charge in [-0.2, -0.15) is 0 Å². The summed E-state index contributed by atoms with van der Waals surface area (Å²) in [4.78, 5) is 24.9. The molecule has 0 radical (unpaired) electrons. The van der Waals surface area contributed by atoms with Crippen molar-refractivity contribution in [3.05, 3.63) is 0 Å². The third-order valence-corrected chi connectivity index (χ3v) is 2.90. The lowest BCUT2D eigenvalue weighted by atomic mass is 10.0. The van der Waals surface area contributed by atoms with Gasteiger partial charge < -0.3 is 14.6 Å². The highest BCUT2D eigenvalue weighted by Crippen LogP contribution is 2.27. The maximum Gasteiger partial charge on any atom is 0.411 e. The number of methoxy groups -OCH3 is 1. The number of aliphatic hydroxyl groups is 1. The van der Waals surface area contributed by atoms with Crippen LogP contribution in [0.3, 0.4) is 0 Å². The third-order valence-electron chi connectivity index (χ3n) is 2.90. The summed E-state index contributed by atoms with van der Waals surface area (Å²) in [6.45, 7) is 7.02. The fourth-order valence-corrected chi connectivity index (χ4v) is 1.95. The van der Waals surface area contributed by atoms with Crippen molar-refractivity contribution in [3.8, 4) is 0 Å². The summed E-state index contributed by atoms with van der Waals surface area (Å²) in [7, 11) is 1.26. The van der Waals surface area contributed by atoms with Crippen LogP contribution in [0.4, 0.5) is 4.79 Å². The average Bonchev–Trinajstić information content (AvgIpc) is 2.52. The maximum atomic E-state index is 12.0. The highest BCUT2D eigenvalue weighted by molar-refractivity contribution is 5.82. The minimum Gasteiger partial charge on any atom is -0.467 e. The Hall–Kier alpha value is -1.30. The van der Waals surface area contributed by atoms with Gasteiger partial charge in [-0.3, -0.25) is 4.90 Å². The van der Waals surface area contributed by atoms with E-state index in [1.807, 2.05) is 0 Å². The molecule has 1 saturated heterocycles. The van der Waals surface area contributed by atoms with Gasteiger partial charge in [0.25, 0.3) is 0 Å². The monoisotopic (exact) mass is 259 g/mol. The number of carbonyl (C=O) groups is 2. The molecule has 1 heterocycles. The van der Waals surface area contributed by atoms with Crippen LogP contribution in [0.1, 0.15) is 27.7 Å². The van der Waals surface area contributed by atoms with Gasteiger partial charge in [-0.25, -0.2) is 9.59 Å². The molecule has 0 aromatic carbocycles. The number of carbonyl (C=O) groups excluding carboxylic acids is 2. The van der Waals surface area contributed by atoms with Crippen LogP contribution in [-0.4, -0.2) is 53.5 Å². The molecule has 1 aliphatic rings. The van der Waals surface area contributed by atoms with Crippen molar-refractivity contribution in [1.82, 2.24) is 4.90 Å². The van der Waals surface area contributed by atoms with Crippen LogP contribution in [0.25, 0.3) is 0 Å². The fourth-order valence-electron chi connectivity index (χ4n) is 1.95. The van der Waals surface area contributed by atoms with E-state index in [1.54, 1.807) is 27.7 Å². The van der Waals surface area contributed by atoms with Gasteiger partial charge in [0.15, 0.2) is 0 Å². The van der Waals surface area contributed by atoms with Crippen molar-refractivity contribution in [2.45, 2.75) is 45.4 Å². The van der Waals surface area contributed by atoms with E-state index in [2.05, 4.69) is 4.74 Å². The van der Waals surface area contributed by atoms with Crippen LogP contribution in [0.15, 0.2) is 0 Å². The molecule has 1 aliphatic heterocycles. The topological polar surface area (TPSA) is 76.1 Å². The number of aliphatic hydroxyl groups excluding tert-OH is 1. The summed E-state index contributed by atoms with van der Waals surface area (Å²) < 4.78 is 9.88. The van der Waals surface area contributed by atoms with Crippen molar-refractivity contribution < 1.29 is 24.2 Å². The van der Waals surface area contributed by atoms with Crippen molar-refractivity contribution in [1.29, 1.82) is 0 Å². The van der Waals surface area contributed by atoms with Gasteiger partial charge in [0, 0.05) is 5.92 Å². The molecule has 1 rings (SSSR count). The number of likely N-dealkylation sites (tertiary alicyclic amines) is 1. The summed E-state index contributed by atoms with van der Waals surface area (Å²) in [6.07, 6.45) is -1.36. The predicted molar refractivity (Wildman–Crippen MR) is 63.9 cm³/mol. The Kier molecular flexibility index (Phi) is 4.21. The number of nitrogens with zero attached hydrogens (tertiary/aromatic N) is 1. The van der Waals surface area contributed by atoms with E-state index in [-0.39, 0.29) is 12.5 Å². The standard InChI is InChI=1S/C12H21NO5/c1-7-8(14)6-13(9(7)10(15)17-5)11(16)18-12(2,3)4/h7-9,14H,6H2,1-5H3/t7-,8+,9+/m1/s1. The number of β-amino-alcohol motifs (C(OH)–C–C–N with tert-alkyl or cyclic N) is 1. The van der Waals surface area contributed by atoms with Crippen molar-refractivity contribution >= 4 is 12.1 Å². The molecule has 3 atom stereocenters. The van der Waals surface area contributed by atoms with Crippen LogP contribution in [0.2, 0.25) is 0 Å². The maximum absolute atomic E-state index is 12.0. The number of rotatable bonds is 1. The molecule has 6 nitrogen and oxygen atoms in total. The van der Waals surface area contributed by atoms with E-state index >= 15 is 0 Å². The Balaban J connectivity index is 2.86. The first-order valence-electron chi connectivity index (χ1n) is 5.93. The summed E-state index contributed by atoms with van der Waals surface area (Å²) in [5.41, 5.74) is -0.644. The minimum absolute atomic E-state index is 0.0792. The van der Waals surface area contributed by atoms with E-state index in [9.17, 15) is 14.7 Å². The van der Waals surface area contributed by atoms with Gasteiger partial charge in [-0.1, -0.05) is 6.92 Å². The van der Waals surface area contributed by atoms with E-state index < -0.39 is 29.8 Å². The minimum atomic E-state index is -0.792. The molecule has 104 valence electrons. The lowest BCUT2D eigenvalue weighted by Gasteiger charge is -2.28. The molecule has 0 aromatic rings. The van der Waals surface area contributed by atoms with Crippen molar-refractivity contribution in [2.75, 3.05) is 13.7 Å². The molecule has 18 heavy (non-hydrogen) atoms. The zero-order chi connectivity index (χ0) is 14.1. The summed E-state index contributed by atoms with van der Waals surface area (Å²) >= 11 is 0. The molecule has 0 aromatic heterocycles.